The molecular weight excluding hydrogens is 260 g/mol. The predicted octanol–water partition coefficient (Wildman–Crippen LogP) is 1.41. The number of fused-ring (bicyclic) bond motifs is 1. The van der Waals surface area contributed by atoms with Crippen molar-refractivity contribution in [1.29, 1.82) is 0 Å². The van der Waals surface area contributed by atoms with Crippen molar-refractivity contribution in [2.75, 3.05) is 30.5 Å². The number of likely N-dealkylation sites (N-methyl/N-ethyl adjacent to an activating group) is 1. The van der Waals surface area contributed by atoms with Crippen LogP contribution in [0.1, 0.15) is 13.8 Å². The Labute approximate surface area is 117 Å². The molecule has 6 heteroatoms. The number of carbonyl (C=O) groups excluding carboxylic acids is 2. The second-order valence-corrected chi connectivity index (χ2v) is 4.51. The quantitative estimate of drug-likeness (QED) is 0.904. The fraction of sp³-hybridized carbons (Fsp3) is 0.429. The zero-order valence-electron chi connectivity index (χ0n) is 11.8. The number of carbonyl (C=O) groups is 2. The summed E-state index contributed by atoms with van der Waals surface area (Å²) >= 11 is 0. The molecule has 1 atom stereocenters. The number of hydrogen-bond acceptors (Lipinski definition) is 4. The Morgan fingerprint density at radius 2 is 2.25 bits per heavy atom. The Morgan fingerprint density at radius 1 is 1.50 bits per heavy atom. The van der Waals surface area contributed by atoms with Crippen LogP contribution in [0.25, 0.3) is 0 Å². The molecule has 0 aliphatic carbocycles. The van der Waals surface area contributed by atoms with E-state index < -0.39 is 6.10 Å². The molecule has 0 bridgehead atoms. The SMILES string of the molecule is CCN1C(=O)C(C)Oc2ccc(NC(=O)COC)cc21. The normalized spacial score (nSPS) is 17.4. The summed E-state index contributed by atoms with van der Waals surface area (Å²) in [7, 11) is 1.46. The van der Waals surface area contributed by atoms with E-state index in [4.69, 9.17) is 9.47 Å². The van der Waals surface area contributed by atoms with Crippen LogP contribution in [0.2, 0.25) is 0 Å². The lowest BCUT2D eigenvalue weighted by atomic mass is 10.1. The van der Waals surface area contributed by atoms with Crippen molar-refractivity contribution in [3.05, 3.63) is 18.2 Å². The van der Waals surface area contributed by atoms with Crippen molar-refractivity contribution in [3.8, 4) is 5.75 Å². The number of benzene rings is 1. The molecule has 1 aromatic rings. The Morgan fingerprint density at radius 3 is 2.90 bits per heavy atom. The highest BCUT2D eigenvalue weighted by atomic mass is 16.5. The highest BCUT2D eigenvalue weighted by molar-refractivity contribution is 6.01. The molecule has 108 valence electrons. The minimum absolute atomic E-state index is 0.0129. The van der Waals surface area contributed by atoms with Gasteiger partial charge in [0, 0.05) is 19.3 Å². The van der Waals surface area contributed by atoms with Crippen LogP contribution in [0, 0.1) is 0 Å². The maximum atomic E-state index is 12.0. The Balaban J connectivity index is 2.28. The Hall–Kier alpha value is -2.08. The van der Waals surface area contributed by atoms with Crippen molar-refractivity contribution in [2.45, 2.75) is 20.0 Å². The van der Waals surface area contributed by atoms with Gasteiger partial charge in [0.25, 0.3) is 5.91 Å². The first-order chi connectivity index (χ1) is 9.56. The van der Waals surface area contributed by atoms with Crippen molar-refractivity contribution < 1.29 is 19.1 Å². The summed E-state index contributed by atoms with van der Waals surface area (Å²) in [5.74, 6) is 0.316. The number of ether oxygens (including phenoxy) is 2. The van der Waals surface area contributed by atoms with Gasteiger partial charge in [-0.1, -0.05) is 0 Å². The summed E-state index contributed by atoms with van der Waals surface area (Å²) in [6, 6.07) is 5.22. The van der Waals surface area contributed by atoms with Crippen LogP contribution in [0.4, 0.5) is 11.4 Å². The lowest BCUT2D eigenvalue weighted by Gasteiger charge is -2.32. The van der Waals surface area contributed by atoms with Crippen LogP contribution in [0.15, 0.2) is 18.2 Å². The molecule has 1 aliphatic heterocycles. The summed E-state index contributed by atoms with van der Waals surface area (Å²) in [5.41, 5.74) is 1.28. The minimum atomic E-state index is -0.489. The van der Waals surface area contributed by atoms with Crippen molar-refractivity contribution in [2.24, 2.45) is 0 Å². The van der Waals surface area contributed by atoms with Crippen molar-refractivity contribution in [1.82, 2.24) is 0 Å². The summed E-state index contributed by atoms with van der Waals surface area (Å²) in [6.07, 6.45) is -0.489. The van der Waals surface area contributed by atoms with Crippen LogP contribution in [-0.4, -0.2) is 38.2 Å². The molecule has 20 heavy (non-hydrogen) atoms. The van der Waals surface area contributed by atoms with Gasteiger partial charge in [0.05, 0.1) is 5.69 Å². The average Bonchev–Trinajstić information content (AvgIpc) is 2.41. The van der Waals surface area contributed by atoms with Crippen molar-refractivity contribution in [3.63, 3.8) is 0 Å². The van der Waals surface area contributed by atoms with E-state index >= 15 is 0 Å². The maximum absolute atomic E-state index is 12.0. The molecule has 2 rings (SSSR count). The van der Waals surface area contributed by atoms with Gasteiger partial charge < -0.3 is 19.7 Å². The number of nitrogens with zero attached hydrogens (tertiary/aromatic N) is 1. The minimum Gasteiger partial charge on any atom is -0.479 e. The van der Waals surface area contributed by atoms with E-state index in [0.29, 0.717) is 23.7 Å². The topological polar surface area (TPSA) is 67.9 Å². The highest BCUT2D eigenvalue weighted by Crippen LogP contribution is 2.36. The molecule has 0 spiro atoms. The summed E-state index contributed by atoms with van der Waals surface area (Å²) in [5, 5.41) is 2.71. The maximum Gasteiger partial charge on any atom is 0.267 e. The zero-order valence-corrected chi connectivity index (χ0v) is 11.8. The zero-order chi connectivity index (χ0) is 14.7. The molecule has 0 saturated carbocycles. The predicted molar refractivity (Wildman–Crippen MR) is 75.1 cm³/mol. The van der Waals surface area contributed by atoms with Gasteiger partial charge in [0.15, 0.2) is 6.10 Å². The Kier molecular flexibility index (Phi) is 4.24. The van der Waals surface area contributed by atoms with Gasteiger partial charge in [0.2, 0.25) is 5.91 Å². The standard InChI is InChI=1S/C14H18N2O4/c1-4-16-11-7-10(15-13(17)8-19-3)5-6-12(11)20-9(2)14(16)18/h5-7,9H,4,8H2,1-3H3,(H,15,17). The van der Waals surface area contributed by atoms with Crippen LogP contribution in [-0.2, 0) is 14.3 Å². The van der Waals surface area contributed by atoms with E-state index in [1.54, 1.807) is 30.0 Å². The third-order valence-corrected chi connectivity index (χ3v) is 3.04. The van der Waals surface area contributed by atoms with E-state index in [0.717, 1.165) is 0 Å². The summed E-state index contributed by atoms with van der Waals surface area (Å²) in [4.78, 5) is 25.2. The number of amides is 2. The largest absolute Gasteiger partial charge is 0.479 e. The Bertz CT molecular complexity index is 530. The van der Waals surface area contributed by atoms with E-state index in [1.807, 2.05) is 6.92 Å². The molecule has 1 unspecified atom stereocenters. The summed E-state index contributed by atoms with van der Waals surface area (Å²) < 4.78 is 10.3. The molecule has 1 aromatic carbocycles. The third-order valence-electron chi connectivity index (χ3n) is 3.04. The molecule has 6 nitrogen and oxygen atoms in total. The molecule has 2 amide bonds. The number of hydrogen-bond donors (Lipinski definition) is 1. The smallest absolute Gasteiger partial charge is 0.267 e. The molecule has 1 heterocycles. The monoisotopic (exact) mass is 278 g/mol. The second kappa shape index (κ2) is 5.92. The fourth-order valence-electron chi connectivity index (χ4n) is 2.14. The number of rotatable bonds is 4. The van der Waals surface area contributed by atoms with Crippen LogP contribution < -0.4 is 15.0 Å². The second-order valence-electron chi connectivity index (χ2n) is 4.51. The molecule has 1 aliphatic rings. The molecule has 0 aromatic heterocycles. The fourth-order valence-corrected chi connectivity index (χ4v) is 2.14. The van der Waals surface area contributed by atoms with Gasteiger partial charge in [-0.2, -0.15) is 0 Å². The van der Waals surface area contributed by atoms with Gasteiger partial charge in [-0.15, -0.1) is 0 Å². The van der Waals surface area contributed by atoms with Crippen LogP contribution in [0.3, 0.4) is 0 Å². The number of anilines is 2. The first-order valence-corrected chi connectivity index (χ1v) is 6.47. The van der Waals surface area contributed by atoms with E-state index in [-0.39, 0.29) is 18.4 Å². The lowest BCUT2D eigenvalue weighted by Crippen LogP contribution is -2.44. The van der Waals surface area contributed by atoms with E-state index in [1.165, 1.54) is 7.11 Å². The van der Waals surface area contributed by atoms with Gasteiger partial charge >= 0.3 is 0 Å². The van der Waals surface area contributed by atoms with E-state index in [9.17, 15) is 9.59 Å². The lowest BCUT2D eigenvalue weighted by molar-refractivity contribution is -0.125. The average molecular weight is 278 g/mol. The van der Waals surface area contributed by atoms with Gasteiger partial charge in [0.1, 0.15) is 12.4 Å². The van der Waals surface area contributed by atoms with Crippen molar-refractivity contribution >= 4 is 23.2 Å². The first-order valence-electron chi connectivity index (χ1n) is 6.47. The van der Waals surface area contributed by atoms with Gasteiger partial charge in [-0.05, 0) is 32.0 Å². The number of nitrogens with one attached hydrogen (secondary N) is 1. The highest BCUT2D eigenvalue weighted by Gasteiger charge is 2.30. The molecule has 1 N–H and O–H groups in total. The van der Waals surface area contributed by atoms with Crippen LogP contribution >= 0.6 is 0 Å². The van der Waals surface area contributed by atoms with Gasteiger partial charge in [-0.3, -0.25) is 9.59 Å². The van der Waals surface area contributed by atoms with E-state index in [2.05, 4.69) is 5.32 Å². The molecular formula is C14H18N2O4. The first kappa shape index (κ1) is 14.3. The van der Waals surface area contributed by atoms with Gasteiger partial charge in [-0.25, -0.2) is 0 Å². The third kappa shape index (κ3) is 2.75. The molecule has 0 fully saturated rings. The summed E-state index contributed by atoms with van der Waals surface area (Å²) in [6.45, 7) is 4.16. The van der Waals surface area contributed by atoms with Crippen LogP contribution in [0.5, 0.6) is 5.75 Å². The molecule has 0 saturated heterocycles. The molecule has 0 radical (unpaired) electrons. The number of methoxy groups -OCH3 is 1.